The van der Waals surface area contributed by atoms with Crippen LogP contribution in [0.4, 0.5) is 0 Å². The maximum absolute atomic E-state index is 12.2. The van der Waals surface area contributed by atoms with Crippen molar-refractivity contribution in [1.29, 1.82) is 0 Å². The largest absolute Gasteiger partial charge is 0.480 e. The van der Waals surface area contributed by atoms with Gasteiger partial charge in [0.15, 0.2) is 0 Å². The van der Waals surface area contributed by atoms with Crippen LogP contribution < -0.4 is 11.1 Å². The first kappa shape index (κ1) is 19.0. The summed E-state index contributed by atoms with van der Waals surface area (Å²) in [5.74, 6) is -0.322. The van der Waals surface area contributed by atoms with E-state index >= 15 is 0 Å². The molecule has 0 heterocycles. The molecule has 0 aliphatic rings. The van der Waals surface area contributed by atoms with Gasteiger partial charge in [-0.1, -0.05) is 60.7 Å². The topological polar surface area (TPSA) is 92.4 Å². The van der Waals surface area contributed by atoms with E-state index in [1.54, 1.807) is 11.8 Å². The number of aliphatic carboxylic acids is 1. The molecule has 0 aromatic heterocycles. The van der Waals surface area contributed by atoms with Crippen LogP contribution in [0.5, 0.6) is 0 Å². The molecule has 132 valence electrons. The number of amides is 1. The fourth-order valence-electron chi connectivity index (χ4n) is 2.28. The predicted molar refractivity (Wildman–Crippen MR) is 100 cm³/mol. The number of thioether (sulfide) groups is 1. The van der Waals surface area contributed by atoms with Crippen LogP contribution in [0.25, 0.3) is 0 Å². The summed E-state index contributed by atoms with van der Waals surface area (Å²) < 4.78 is 0. The van der Waals surface area contributed by atoms with Crippen LogP contribution in [0.15, 0.2) is 60.7 Å². The Hall–Kier alpha value is -2.31. The Morgan fingerprint density at radius 3 is 2.12 bits per heavy atom. The van der Waals surface area contributed by atoms with Gasteiger partial charge in [-0.25, -0.2) is 4.79 Å². The van der Waals surface area contributed by atoms with E-state index in [1.165, 1.54) is 0 Å². The van der Waals surface area contributed by atoms with Crippen molar-refractivity contribution >= 4 is 23.6 Å². The van der Waals surface area contributed by atoms with Crippen molar-refractivity contribution in [3.8, 4) is 0 Å². The van der Waals surface area contributed by atoms with Gasteiger partial charge in [0.2, 0.25) is 5.91 Å². The van der Waals surface area contributed by atoms with Gasteiger partial charge in [0.05, 0.1) is 6.04 Å². The average Bonchev–Trinajstić information content (AvgIpc) is 2.62. The van der Waals surface area contributed by atoms with Gasteiger partial charge in [-0.2, -0.15) is 11.8 Å². The van der Waals surface area contributed by atoms with Crippen molar-refractivity contribution in [2.45, 2.75) is 24.3 Å². The Morgan fingerprint density at radius 1 is 1.00 bits per heavy atom. The van der Waals surface area contributed by atoms with Gasteiger partial charge >= 0.3 is 5.97 Å². The molecule has 0 aliphatic heterocycles. The zero-order valence-electron chi connectivity index (χ0n) is 13.8. The van der Waals surface area contributed by atoms with Crippen molar-refractivity contribution in [2.75, 3.05) is 5.75 Å². The quantitative estimate of drug-likeness (QED) is 0.638. The number of hydrogen-bond acceptors (Lipinski definition) is 4. The molecule has 0 spiro atoms. The number of hydrogen-bond donors (Lipinski definition) is 3. The number of nitrogens with one attached hydrogen (secondary N) is 1. The summed E-state index contributed by atoms with van der Waals surface area (Å²) in [5.41, 5.74) is 7.91. The lowest BCUT2D eigenvalue weighted by Crippen LogP contribution is -2.50. The Kier molecular flexibility index (Phi) is 7.50. The summed E-state index contributed by atoms with van der Waals surface area (Å²) in [4.78, 5) is 23.6. The third kappa shape index (κ3) is 6.60. The first-order chi connectivity index (χ1) is 12.1. The Labute approximate surface area is 151 Å². The molecule has 2 atom stereocenters. The highest BCUT2D eigenvalue weighted by molar-refractivity contribution is 7.98. The molecule has 1 amide bonds. The molecule has 2 aromatic carbocycles. The van der Waals surface area contributed by atoms with Crippen molar-refractivity contribution in [2.24, 2.45) is 5.73 Å². The zero-order valence-corrected chi connectivity index (χ0v) is 14.6. The van der Waals surface area contributed by atoms with Crippen molar-refractivity contribution in [3.63, 3.8) is 0 Å². The first-order valence-corrected chi connectivity index (χ1v) is 9.16. The molecule has 4 N–H and O–H groups in total. The summed E-state index contributed by atoms with van der Waals surface area (Å²) in [6.45, 7) is 0. The molecule has 6 heteroatoms. The fraction of sp³-hybridized carbons (Fsp3) is 0.263. The minimum absolute atomic E-state index is 0.228. The van der Waals surface area contributed by atoms with Gasteiger partial charge in [-0.3, -0.25) is 4.79 Å². The summed E-state index contributed by atoms with van der Waals surface area (Å²) >= 11 is 1.55. The van der Waals surface area contributed by atoms with E-state index in [2.05, 4.69) is 5.32 Å². The van der Waals surface area contributed by atoms with Gasteiger partial charge in [0.25, 0.3) is 0 Å². The standard InChI is InChI=1S/C19H22N2O3S/c20-16(13-25-12-15-9-5-2-6-10-15)18(22)21-17(19(23)24)11-14-7-3-1-4-8-14/h1-10,16-17H,11-13,20H2,(H,21,22)(H,23,24)/t16-,17-/m0/s1. The van der Waals surface area contributed by atoms with Crippen molar-refractivity contribution in [3.05, 3.63) is 71.8 Å². The molecule has 0 aliphatic carbocycles. The molecule has 0 fully saturated rings. The molecular weight excluding hydrogens is 336 g/mol. The minimum Gasteiger partial charge on any atom is -0.480 e. The van der Waals surface area contributed by atoms with Crippen LogP contribution in [0.3, 0.4) is 0 Å². The molecular formula is C19H22N2O3S. The third-order valence-electron chi connectivity index (χ3n) is 3.64. The van der Waals surface area contributed by atoms with Crippen LogP contribution >= 0.6 is 11.8 Å². The lowest BCUT2D eigenvalue weighted by Gasteiger charge is -2.18. The maximum atomic E-state index is 12.2. The lowest BCUT2D eigenvalue weighted by atomic mass is 10.1. The molecule has 0 saturated carbocycles. The number of rotatable bonds is 9. The summed E-state index contributed by atoms with van der Waals surface area (Å²) in [5, 5.41) is 11.9. The Morgan fingerprint density at radius 2 is 1.56 bits per heavy atom. The fourth-order valence-corrected chi connectivity index (χ4v) is 3.23. The maximum Gasteiger partial charge on any atom is 0.326 e. The van der Waals surface area contributed by atoms with E-state index < -0.39 is 24.0 Å². The van der Waals surface area contributed by atoms with Crippen LogP contribution in [0, 0.1) is 0 Å². The van der Waals surface area contributed by atoms with E-state index in [9.17, 15) is 14.7 Å². The summed E-state index contributed by atoms with van der Waals surface area (Å²) in [6, 6.07) is 17.4. The monoisotopic (exact) mass is 358 g/mol. The summed E-state index contributed by atoms with van der Waals surface area (Å²) in [7, 11) is 0. The van der Waals surface area contributed by atoms with Gasteiger partial charge in [0.1, 0.15) is 6.04 Å². The SMILES string of the molecule is N[C@@H](CSCc1ccccc1)C(=O)N[C@@H](Cc1ccccc1)C(=O)O. The Bertz CT molecular complexity index is 680. The molecule has 0 unspecified atom stereocenters. The second kappa shape index (κ2) is 9.86. The van der Waals surface area contributed by atoms with Crippen LogP contribution in [-0.2, 0) is 21.8 Å². The highest BCUT2D eigenvalue weighted by atomic mass is 32.2. The number of carbonyl (C=O) groups excluding carboxylic acids is 1. The number of benzene rings is 2. The second-order valence-electron chi connectivity index (χ2n) is 5.70. The average molecular weight is 358 g/mol. The first-order valence-electron chi connectivity index (χ1n) is 8.00. The van der Waals surface area contributed by atoms with Gasteiger partial charge in [-0.15, -0.1) is 0 Å². The highest BCUT2D eigenvalue weighted by Crippen LogP contribution is 2.12. The molecule has 0 radical (unpaired) electrons. The molecule has 2 rings (SSSR count). The number of nitrogens with two attached hydrogens (primary N) is 1. The van der Waals surface area contributed by atoms with E-state index in [4.69, 9.17) is 5.73 Å². The third-order valence-corrected chi connectivity index (χ3v) is 4.78. The number of carbonyl (C=O) groups is 2. The minimum atomic E-state index is -1.07. The zero-order chi connectivity index (χ0) is 18.1. The van der Waals surface area contributed by atoms with E-state index in [-0.39, 0.29) is 6.42 Å². The van der Waals surface area contributed by atoms with E-state index in [0.717, 1.165) is 16.9 Å². The van der Waals surface area contributed by atoms with Crippen LogP contribution in [0.1, 0.15) is 11.1 Å². The Balaban J connectivity index is 1.81. The van der Waals surface area contributed by atoms with Gasteiger partial charge < -0.3 is 16.2 Å². The predicted octanol–water partition coefficient (Wildman–Crippen LogP) is 2.06. The van der Waals surface area contributed by atoms with Crippen molar-refractivity contribution < 1.29 is 14.7 Å². The normalized spacial score (nSPS) is 13.0. The lowest BCUT2D eigenvalue weighted by molar-refractivity contribution is -0.141. The van der Waals surface area contributed by atoms with Crippen LogP contribution in [0.2, 0.25) is 0 Å². The second-order valence-corrected chi connectivity index (χ2v) is 6.73. The molecule has 0 saturated heterocycles. The van der Waals surface area contributed by atoms with E-state index in [1.807, 2.05) is 60.7 Å². The molecule has 2 aromatic rings. The van der Waals surface area contributed by atoms with Crippen LogP contribution in [-0.4, -0.2) is 34.8 Å². The molecule has 0 bridgehead atoms. The summed E-state index contributed by atoms with van der Waals surface area (Å²) in [6.07, 6.45) is 0.228. The molecule has 5 nitrogen and oxygen atoms in total. The van der Waals surface area contributed by atoms with Gasteiger partial charge in [0, 0.05) is 17.9 Å². The van der Waals surface area contributed by atoms with Gasteiger partial charge in [-0.05, 0) is 11.1 Å². The highest BCUT2D eigenvalue weighted by Gasteiger charge is 2.23. The smallest absolute Gasteiger partial charge is 0.326 e. The number of carboxylic acids is 1. The van der Waals surface area contributed by atoms with E-state index in [0.29, 0.717) is 5.75 Å². The number of carboxylic acid groups (broad SMARTS) is 1. The van der Waals surface area contributed by atoms with Crippen molar-refractivity contribution in [1.82, 2.24) is 5.32 Å². The molecule has 25 heavy (non-hydrogen) atoms.